The number of hydrogen-bond donors (Lipinski definition) is 0. The fourth-order valence-electron chi connectivity index (χ4n) is 1.60. The molecule has 1 aromatic rings. The third kappa shape index (κ3) is 9.44. The lowest BCUT2D eigenvalue weighted by atomic mass is 10.4. The van der Waals surface area contributed by atoms with Crippen LogP contribution in [0.2, 0.25) is 0 Å². The maximum absolute atomic E-state index is 5.50. The number of hydrogen-bond acceptors (Lipinski definition) is 5. The van der Waals surface area contributed by atoms with Crippen LogP contribution in [0.15, 0.2) is 12.4 Å². The van der Waals surface area contributed by atoms with Crippen LogP contribution in [0.25, 0.3) is 0 Å². The molecule has 0 radical (unpaired) electrons. The van der Waals surface area contributed by atoms with Crippen molar-refractivity contribution < 1.29 is 18.9 Å². The van der Waals surface area contributed by atoms with Crippen molar-refractivity contribution in [3.8, 4) is 5.75 Å². The molecule has 0 unspecified atom stereocenters. The number of ether oxygens (including phenoxy) is 4. The van der Waals surface area contributed by atoms with Crippen LogP contribution in [0.1, 0.15) is 26.7 Å². The lowest BCUT2D eigenvalue weighted by Crippen LogP contribution is -2.12. The van der Waals surface area contributed by atoms with Gasteiger partial charge in [-0.05, 0) is 13.3 Å². The van der Waals surface area contributed by atoms with Crippen LogP contribution in [0.5, 0.6) is 5.75 Å². The van der Waals surface area contributed by atoms with Crippen molar-refractivity contribution in [3.05, 3.63) is 12.4 Å². The van der Waals surface area contributed by atoms with E-state index in [9.17, 15) is 0 Å². The van der Waals surface area contributed by atoms with Gasteiger partial charge in [-0.15, -0.1) is 0 Å². The summed E-state index contributed by atoms with van der Waals surface area (Å²) >= 11 is 0. The van der Waals surface area contributed by atoms with E-state index >= 15 is 0 Å². The average Bonchev–Trinajstić information content (AvgIpc) is 2.96. The SMILES string of the molecule is CCCCOCCOCCOCCOc1cnn(CC)c1. The fraction of sp³-hybridized carbons (Fsp3) is 0.800. The van der Waals surface area contributed by atoms with Gasteiger partial charge in [0, 0.05) is 13.2 Å². The summed E-state index contributed by atoms with van der Waals surface area (Å²) in [5.74, 6) is 0.779. The molecular weight excluding hydrogens is 272 g/mol. The number of rotatable bonds is 14. The summed E-state index contributed by atoms with van der Waals surface area (Å²) in [6.07, 6.45) is 5.86. The van der Waals surface area contributed by atoms with Gasteiger partial charge in [-0.3, -0.25) is 4.68 Å². The largest absolute Gasteiger partial charge is 0.488 e. The van der Waals surface area contributed by atoms with Crippen molar-refractivity contribution in [2.24, 2.45) is 0 Å². The van der Waals surface area contributed by atoms with Gasteiger partial charge < -0.3 is 18.9 Å². The smallest absolute Gasteiger partial charge is 0.157 e. The molecule has 0 aliphatic heterocycles. The first-order chi connectivity index (χ1) is 10.4. The summed E-state index contributed by atoms with van der Waals surface area (Å²) in [4.78, 5) is 0. The van der Waals surface area contributed by atoms with E-state index in [0.29, 0.717) is 39.6 Å². The van der Waals surface area contributed by atoms with Crippen LogP contribution < -0.4 is 4.74 Å². The Hall–Kier alpha value is -1.11. The predicted molar refractivity (Wildman–Crippen MR) is 80.8 cm³/mol. The molecule has 6 nitrogen and oxygen atoms in total. The number of aromatic nitrogens is 2. The zero-order valence-electron chi connectivity index (χ0n) is 13.3. The van der Waals surface area contributed by atoms with E-state index in [1.165, 1.54) is 0 Å². The van der Waals surface area contributed by atoms with Crippen molar-refractivity contribution in [2.45, 2.75) is 33.2 Å². The van der Waals surface area contributed by atoms with Gasteiger partial charge in [0.1, 0.15) is 6.61 Å². The highest BCUT2D eigenvalue weighted by atomic mass is 16.6. The third-order valence-corrected chi connectivity index (χ3v) is 2.82. The van der Waals surface area contributed by atoms with E-state index in [1.807, 2.05) is 17.8 Å². The minimum Gasteiger partial charge on any atom is -0.488 e. The van der Waals surface area contributed by atoms with Crippen LogP contribution in [-0.4, -0.2) is 56.0 Å². The molecule has 0 bridgehead atoms. The molecule has 0 aromatic carbocycles. The Morgan fingerprint density at radius 1 is 0.905 bits per heavy atom. The second-order valence-corrected chi connectivity index (χ2v) is 4.57. The third-order valence-electron chi connectivity index (χ3n) is 2.82. The summed E-state index contributed by atoms with van der Waals surface area (Å²) in [5.41, 5.74) is 0. The summed E-state index contributed by atoms with van der Waals surface area (Å²) in [5, 5.41) is 4.13. The lowest BCUT2D eigenvalue weighted by molar-refractivity contribution is 0.00895. The molecule has 0 aliphatic rings. The topological polar surface area (TPSA) is 54.7 Å². The molecule has 0 atom stereocenters. The van der Waals surface area contributed by atoms with Gasteiger partial charge in [0.05, 0.1) is 45.4 Å². The fourth-order valence-corrected chi connectivity index (χ4v) is 1.60. The van der Waals surface area contributed by atoms with E-state index in [0.717, 1.165) is 31.7 Å². The van der Waals surface area contributed by atoms with Gasteiger partial charge in [0.15, 0.2) is 5.75 Å². The highest BCUT2D eigenvalue weighted by Gasteiger charge is 1.97. The quantitative estimate of drug-likeness (QED) is 0.493. The highest BCUT2D eigenvalue weighted by molar-refractivity contribution is 5.11. The second kappa shape index (κ2) is 12.6. The van der Waals surface area contributed by atoms with Gasteiger partial charge in [-0.25, -0.2) is 0 Å². The molecule has 0 N–H and O–H groups in total. The molecule has 1 rings (SSSR count). The second-order valence-electron chi connectivity index (χ2n) is 4.57. The molecule has 0 saturated heterocycles. The first kappa shape index (κ1) is 17.9. The van der Waals surface area contributed by atoms with Crippen LogP contribution in [0.4, 0.5) is 0 Å². The summed E-state index contributed by atoms with van der Waals surface area (Å²) in [6.45, 7) is 9.37. The molecule has 6 heteroatoms. The van der Waals surface area contributed by atoms with E-state index in [4.69, 9.17) is 18.9 Å². The van der Waals surface area contributed by atoms with Crippen molar-refractivity contribution in [2.75, 3.05) is 46.2 Å². The van der Waals surface area contributed by atoms with Crippen LogP contribution in [-0.2, 0) is 20.8 Å². The van der Waals surface area contributed by atoms with Gasteiger partial charge in [0.25, 0.3) is 0 Å². The standard InChI is InChI=1S/C15H28N2O4/c1-3-5-6-18-7-8-19-9-10-20-11-12-21-15-13-16-17(4-2)14-15/h13-14H,3-12H2,1-2H3. The van der Waals surface area contributed by atoms with Gasteiger partial charge in [0.2, 0.25) is 0 Å². The minimum atomic E-state index is 0.523. The van der Waals surface area contributed by atoms with Crippen LogP contribution in [0, 0.1) is 0 Å². The Balaban J connectivity index is 1.80. The first-order valence-electron chi connectivity index (χ1n) is 7.75. The zero-order chi connectivity index (χ0) is 15.2. The normalized spacial score (nSPS) is 11.0. The van der Waals surface area contributed by atoms with E-state index in [-0.39, 0.29) is 0 Å². The highest BCUT2D eigenvalue weighted by Crippen LogP contribution is 2.07. The maximum Gasteiger partial charge on any atom is 0.157 e. The molecule has 122 valence electrons. The Labute approximate surface area is 127 Å². The lowest BCUT2D eigenvalue weighted by Gasteiger charge is -2.07. The van der Waals surface area contributed by atoms with Crippen molar-refractivity contribution in [1.82, 2.24) is 9.78 Å². The monoisotopic (exact) mass is 300 g/mol. The van der Waals surface area contributed by atoms with E-state index in [1.54, 1.807) is 6.20 Å². The molecule has 0 amide bonds. The van der Waals surface area contributed by atoms with E-state index in [2.05, 4.69) is 12.0 Å². The number of aryl methyl sites for hydroxylation is 1. The van der Waals surface area contributed by atoms with Crippen LogP contribution >= 0.6 is 0 Å². The molecule has 1 aromatic heterocycles. The predicted octanol–water partition coefficient (Wildman–Crippen LogP) is 2.13. The molecule has 0 spiro atoms. The molecule has 1 heterocycles. The van der Waals surface area contributed by atoms with Crippen molar-refractivity contribution in [3.63, 3.8) is 0 Å². The first-order valence-corrected chi connectivity index (χ1v) is 7.75. The van der Waals surface area contributed by atoms with Gasteiger partial charge >= 0.3 is 0 Å². The Morgan fingerprint density at radius 3 is 2.10 bits per heavy atom. The Bertz CT molecular complexity index is 344. The molecular formula is C15H28N2O4. The van der Waals surface area contributed by atoms with Crippen molar-refractivity contribution >= 4 is 0 Å². The minimum absolute atomic E-state index is 0.523. The average molecular weight is 300 g/mol. The maximum atomic E-state index is 5.50. The molecule has 21 heavy (non-hydrogen) atoms. The Kier molecular flexibility index (Phi) is 10.8. The summed E-state index contributed by atoms with van der Waals surface area (Å²) in [6, 6.07) is 0. The number of nitrogens with zero attached hydrogens (tertiary/aromatic N) is 2. The van der Waals surface area contributed by atoms with Gasteiger partial charge in [-0.2, -0.15) is 5.10 Å². The molecule has 0 fully saturated rings. The summed E-state index contributed by atoms with van der Waals surface area (Å²) < 4.78 is 23.5. The zero-order valence-corrected chi connectivity index (χ0v) is 13.3. The van der Waals surface area contributed by atoms with Crippen molar-refractivity contribution in [1.29, 1.82) is 0 Å². The van der Waals surface area contributed by atoms with E-state index < -0.39 is 0 Å². The summed E-state index contributed by atoms with van der Waals surface area (Å²) in [7, 11) is 0. The molecule has 0 saturated carbocycles. The Morgan fingerprint density at radius 2 is 1.52 bits per heavy atom. The number of unbranched alkanes of at least 4 members (excludes halogenated alkanes) is 1. The van der Waals surface area contributed by atoms with Gasteiger partial charge in [-0.1, -0.05) is 13.3 Å². The van der Waals surface area contributed by atoms with Crippen LogP contribution in [0.3, 0.4) is 0 Å². The molecule has 0 aliphatic carbocycles.